The molecule has 0 spiro atoms. The molecular weight excluding hydrogens is 402 g/mol. The van der Waals surface area contributed by atoms with E-state index in [-0.39, 0.29) is 11.5 Å². The third-order valence-electron chi connectivity index (χ3n) is 7.61. The van der Waals surface area contributed by atoms with Crippen molar-refractivity contribution in [3.8, 4) is 5.75 Å². The van der Waals surface area contributed by atoms with Gasteiger partial charge in [-0.3, -0.25) is 0 Å². The second-order valence-corrected chi connectivity index (χ2v) is 9.49. The van der Waals surface area contributed by atoms with Crippen LogP contribution in [0.2, 0.25) is 0 Å². The van der Waals surface area contributed by atoms with Gasteiger partial charge in [-0.2, -0.15) is 0 Å². The summed E-state index contributed by atoms with van der Waals surface area (Å²) in [6.45, 7) is 5.34. The number of ether oxygens (including phenoxy) is 1. The number of nitrogens with zero attached hydrogens (tertiary/aromatic N) is 1. The van der Waals surface area contributed by atoms with Gasteiger partial charge in [-0.05, 0) is 66.0 Å². The predicted octanol–water partition coefficient (Wildman–Crippen LogP) is 4.13. The van der Waals surface area contributed by atoms with E-state index >= 15 is 0 Å². The molecule has 3 aliphatic rings. The van der Waals surface area contributed by atoms with E-state index < -0.39 is 17.6 Å². The summed E-state index contributed by atoms with van der Waals surface area (Å²) in [5.41, 5.74) is 18.6. The SMILES string of the molecule is C=Cc1ccc2cc([C@@]3(N)C(N)c4cc(C(=O)O)cc5c4C3CCO5)n(CC3CC3)c2c1. The van der Waals surface area contributed by atoms with Gasteiger partial charge >= 0.3 is 5.97 Å². The minimum atomic E-state index is -0.990. The molecule has 3 atom stereocenters. The topological polar surface area (TPSA) is 104 Å². The second kappa shape index (κ2) is 6.70. The van der Waals surface area contributed by atoms with Gasteiger partial charge in [-0.1, -0.05) is 24.8 Å². The maximum absolute atomic E-state index is 11.7. The zero-order valence-electron chi connectivity index (χ0n) is 17.9. The first-order valence-electron chi connectivity index (χ1n) is 11.3. The average molecular weight is 430 g/mol. The monoisotopic (exact) mass is 429 g/mol. The van der Waals surface area contributed by atoms with Crippen LogP contribution in [0, 0.1) is 5.92 Å². The molecule has 1 saturated carbocycles. The molecule has 1 aromatic heterocycles. The number of rotatable bonds is 5. The van der Waals surface area contributed by atoms with Crippen LogP contribution in [0.25, 0.3) is 17.0 Å². The lowest BCUT2D eigenvalue weighted by Gasteiger charge is -2.38. The maximum atomic E-state index is 11.7. The van der Waals surface area contributed by atoms with Gasteiger partial charge in [-0.25, -0.2) is 4.79 Å². The van der Waals surface area contributed by atoms with E-state index in [2.05, 4.69) is 35.4 Å². The number of carbonyl (C=O) groups is 1. The Kier molecular flexibility index (Phi) is 4.10. The number of carboxylic acid groups (broad SMARTS) is 1. The lowest BCUT2D eigenvalue weighted by Crippen LogP contribution is -2.49. The van der Waals surface area contributed by atoms with Crippen LogP contribution in [0.4, 0.5) is 0 Å². The van der Waals surface area contributed by atoms with Gasteiger partial charge in [0.05, 0.1) is 23.8 Å². The van der Waals surface area contributed by atoms with Crippen molar-refractivity contribution in [2.24, 2.45) is 17.4 Å². The van der Waals surface area contributed by atoms with Crippen molar-refractivity contribution in [1.82, 2.24) is 4.57 Å². The largest absolute Gasteiger partial charge is 0.493 e. The van der Waals surface area contributed by atoms with Gasteiger partial charge in [0, 0.05) is 29.2 Å². The van der Waals surface area contributed by atoms with Crippen LogP contribution in [0.15, 0.2) is 43.0 Å². The third kappa shape index (κ3) is 2.63. The van der Waals surface area contributed by atoms with Crippen molar-refractivity contribution in [2.75, 3.05) is 6.61 Å². The van der Waals surface area contributed by atoms with Crippen molar-refractivity contribution < 1.29 is 14.6 Å². The minimum Gasteiger partial charge on any atom is -0.493 e. The highest BCUT2D eigenvalue weighted by Gasteiger charge is 2.54. The third-order valence-corrected chi connectivity index (χ3v) is 7.61. The second-order valence-electron chi connectivity index (χ2n) is 9.49. The Labute approximate surface area is 186 Å². The molecule has 0 bridgehead atoms. The Bertz CT molecular complexity index is 1290. The highest BCUT2D eigenvalue weighted by atomic mass is 16.5. The molecule has 6 rings (SSSR count). The Morgan fingerprint density at radius 2 is 2.06 bits per heavy atom. The number of fused-ring (bicyclic) bond motifs is 1. The van der Waals surface area contributed by atoms with E-state index in [9.17, 15) is 9.90 Å². The molecule has 3 aromatic rings. The van der Waals surface area contributed by atoms with Crippen LogP contribution < -0.4 is 16.2 Å². The zero-order valence-corrected chi connectivity index (χ0v) is 17.9. The first-order chi connectivity index (χ1) is 15.4. The van der Waals surface area contributed by atoms with Gasteiger partial charge in [0.2, 0.25) is 0 Å². The molecule has 0 amide bonds. The fourth-order valence-corrected chi connectivity index (χ4v) is 5.75. The van der Waals surface area contributed by atoms with Gasteiger partial charge in [-0.15, -0.1) is 0 Å². The molecule has 1 aliphatic heterocycles. The highest BCUT2D eigenvalue weighted by Crippen LogP contribution is 2.58. The molecule has 0 saturated heterocycles. The number of carboxylic acids is 1. The Morgan fingerprint density at radius 1 is 1.25 bits per heavy atom. The highest BCUT2D eigenvalue weighted by molar-refractivity contribution is 5.89. The fraction of sp³-hybridized carbons (Fsp3) is 0.346. The summed E-state index contributed by atoms with van der Waals surface area (Å²) in [6, 6.07) is 11.3. The van der Waals surface area contributed by atoms with Crippen molar-refractivity contribution in [3.63, 3.8) is 0 Å². The van der Waals surface area contributed by atoms with Crippen molar-refractivity contribution in [1.29, 1.82) is 0 Å². The summed E-state index contributed by atoms with van der Waals surface area (Å²) in [5, 5.41) is 10.7. The lowest BCUT2D eigenvalue weighted by atomic mass is 9.77. The molecule has 0 radical (unpaired) electrons. The summed E-state index contributed by atoms with van der Waals surface area (Å²) in [6.07, 6.45) is 5.07. The number of hydrogen-bond acceptors (Lipinski definition) is 4. The van der Waals surface area contributed by atoms with Crippen molar-refractivity contribution in [2.45, 2.75) is 43.3 Å². The summed E-state index contributed by atoms with van der Waals surface area (Å²) in [7, 11) is 0. The van der Waals surface area contributed by atoms with E-state index in [1.807, 2.05) is 6.08 Å². The van der Waals surface area contributed by atoms with Crippen LogP contribution in [-0.4, -0.2) is 22.2 Å². The van der Waals surface area contributed by atoms with Crippen LogP contribution in [-0.2, 0) is 12.1 Å². The van der Waals surface area contributed by atoms with Crippen LogP contribution in [0.3, 0.4) is 0 Å². The Balaban J connectivity index is 1.58. The van der Waals surface area contributed by atoms with Crippen molar-refractivity contribution >= 4 is 22.9 Å². The molecule has 5 N–H and O–H groups in total. The first-order valence-corrected chi connectivity index (χ1v) is 11.3. The number of aromatic carboxylic acids is 1. The maximum Gasteiger partial charge on any atom is 0.335 e. The molecule has 2 aromatic carbocycles. The van der Waals surface area contributed by atoms with Crippen LogP contribution in [0.5, 0.6) is 5.75 Å². The molecule has 164 valence electrons. The fourth-order valence-electron chi connectivity index (χ4n) is 5.75. The van der Waals surface area contributed by atoms with Gasteiger partial charge in [0.15, 0.2) is 0 Å². The molecule has 32 heavy (non-hydrogen) atoms. The quantitative estimate of drug-likeness (QED) is 0.566. The summed E-state index contributed by atoms with van der Waals surface area (Å²) >= 11 is 0. The van der Waals surface area contributed by atoms with E-state index in [4.69, 9.17) is 16.2 Å². The van der Waals surface area contributed by atoms with Gasteiger partial charge in [0.25, 0.3) is 0 Å². The number of nitrogens with two attached hydrogens (primary N) is 2. The Hall–Kier alpha value is -3.09. The van der Waals surface area contributed by atoms with Crippen LogP contribution >= 0.6 is 0 Å². The van der Waals surface area contributed by atoms with Crippen LogP contribution in [0.1, 0.15) is 64.0 Å². The molecule has 6 heteroatoms. The number of hydrogen-bond donors (Lipinski definition) is 3. The first kappa shape index (κ1) is 19.6. The minimum absolute atomic E-state index is 0.0276. The normalized spacial score (nSPS) is 26.1. The van der Waals surface area contributed by atoms with E-state index in [0.717, 1.165) is 46.3 Å². The summed E-state index contributed by atoms with van der Waals surface area (Å²) in [5.74, 6) is 0.249. The smallest absolute Gasteiger partial charge is 0.335 e. The van der Waals surface area contributed by atoms with E-state index in [1.165, 1.54) is 12.8 Å². The van der Waals surface area contributed by atoms with E-state index in [1.54, 1.807) is 12.1 Å². The van der Waals surface area contributed by atoms with Gasteiger partial charge in [0.1, 0.15) is 5.75 Å². The summed E-state index contributed by atoms with van der Waals surface area (Å²) < 4.78 is 8.24. The molecule has 1 fully saturated rings. The average Bonchev–Trinajstić information content (AvgIpc) is 3.51. The zero-order chi connectivity index (χ0) is 22.2. The molecule has 2 heterocycles. The molecular formula is C26H27N3O3. The summed E-state index contributed by atoms with van der Waals surface area (Å²) in [4.78, 5) is 11.7. The number of aromatic nitrogens is 1. The molecule has 2 aliphatic carbocycles. The van der Waals surface area contributed by atoms with Crippen molar-refractivity contribution in [3.05, 3.63) is 70.9 Å². The Morgan fingerprint density at radius 3 is 2.78 bits per heavy atom. The lowest BCUT2D eigenvalue weighted by molar-refractivity contribution is 0.0696. The molecule has 6 nitrogen and oxygen atoms in total. The standard InChI is InChI=1S/C26H27N3O3/c1-2-14-5-6-16-12-22(29(20(16)9-14)13-15-3-4-15)26(28)19-7-8-32-21-11-17(25(30)31)10-18(23(19)21)24(26)27/h2,5-6,9-12,15,19,24H,1,3-4,7-8,13,27-28H2,(H,30,31)/t19?,24?,26-/m1/s1. The molecule has 2 unspecified atom stereocenters. The van der Waals surface area contributed by atoms with E-state index in [0.29, 0.717) is 18.3 Å². The van der Waals surface area contributed by atoms with Gasteiger partial charge < -0.3 is 25.9 Å². The predicted molar refractivity (Wildman–Crippen MR) is 124 cm³/mol. The number of benzene rings is 2.